The Morgan fingerprint density at radius 1 is 1.05 bits per heavy atom. The van der Waals surface area contributed by atoms with Gasteiger partial charge in [-0.25, -0.2) is 4.98 Å². The molecule has 21 heavy (non-hydrogen) atoms. The molecule has 3 rings (SSSR count). The van der Waals surface area contributed by atoms with Gasteiger partial charge in [-0.1, -0.05) is 18.2 Å². The molecule has 1 heterocycles. The molecule has 2 N–H and O–H groups in total. The molecule has 3 aromatic rings. The Bertz CT molecular complexity index is 692. The molecule has 0 saturated heterocycles. The number of rotatable bonds is 5. The number of para-hydroxylation sites is 1. The monoisotopic (exact) mass is 280 g/mol. The Balaban J connectivity index is 1.68. The molecular formula is C16H16N4O. The third kappa shape index (κ3) is 3.20. The van der Waals surface area contributed by atoms with E-state index in [9.17, 15) is 0 Å². The van der Waals surface area contributed by atoms with Crippen LogP contribution in [-0.4, -0.2) is 22.3 Å². The van der Waals surface area contributed by atoms with Crippen LogP contribution in [0.4, 0.5) is 5.69 Å². The van der Waals surface area contributed by atoms with Crippen LogP contribution in [0.25, 0.3) is 11.4 Å². The first kappa shape index (κ1) is 13.2. The summed E-state index contributed by atoms with van der Waals surface area (Å²) in [6.45, 7) is 0.604. The maximum Gasteiger partial charge on any atom is 0.181 e. The molecule has 2 aromatic carbocycles. The van der Waals surface area contributed by atoms with E-state index in [2.05, 4.69) is 20.5 Å². The number of benzene rings is 2. The Kier molecular flexibility index (Phi) is 3.82. The van der Waals surface area contributed by atoms with Crippen molar-refractivity contribution in [3.05, 3.63) is 60.4 Å². The second-order valence-corrected chi connectivity index (χ2v) is 4.55. The first-order valence-electron chi connectivity index (χ1n) is 6.70. The minimum absolute atomic E-state index is 0.604. The van der Waals surface area contributed by atoms with Crippen molar-refractivity contribution in [2.75, 3.05) is 12.4 Å². The summed E-state index contributed by atoms with van der Waals surface area (Å²) in [5, 5.41) is 10.5. The van der Waals surface area contributed by atoms with Gasteiger partial charge in [-0.3, -0.25) is 5.10 Å². The number of H-pyrrole nitrogens is 1. The standard InChI is InChI=1S/C16H16N4O/c1-21-14-9-7-12(8-10-14)16-18-15(19-20-16)11-17-13-5-3-2-4-6-13/h2-10,17H,11H2,1H3,(H,18,19,20). The van der Waals surface area contributed by atoms with E-state index in [0.29, 0.717) is 12.4 Å². The van der Waals surface area contributed by atoms with Gasteiger partial charge in [-0.05, 0) is 36.4 Å². The summed E-state index contributed by atoms with van der Waals surface area (Å²) in [6, 6.07) is 17.7. The molecule has 0 fully saturated rings. The highest BCUT2D eigenvalue weighted by Gasteiger charge is 2.06. The van der Waals surface area contributed by atoms with Gasteiger partial charge >= 0.3 is 0 Å². The highest BCUT2D eigenvalue weighted by molar-refractivity contribution is 5.55. The normalized spacial score (nSPS) is 10.3. The fourth-order valence-corrected chi connectivity index (χ4v) is 1.99. The van der Waals surface area contributed by atoms with Crippen molar-refractivity contribution in [2.24, 2.45) is 0 Å². The Morgan fingerprint density at radius 3 is 2.52 bits per heavy atom. The summed E-state index contributed by atoms with van der Waals surface area (Å²) < 4.78 is 5.14. The van der Waals surface area contributed by atoms with E-state index < -0.39 is 0 Å². The van der Waals surface area contributed by atoms with Crippen molar-refractivity contribution in [3.8, 4) is 17.1 Å². The summed E-state index contributed by atoms with van der Waals surface area (Å²) in [7, 11) is 1.65. The van der Waals surface area contributed by atoms with Gasteiger partial charge in [0.2, 0.25) is 0 Å². The first-order chi connectivity index (χ1) is 10.3. The summed E-state index contributed by atoms with van der Waals surface area (Å²) in [4.78, 5) is 4.48. The number of anilines is 1. The van der Waals surface area contributed by atoms with Crippen LogP contribution < -0.4 is 10.1 Å². The molecule has 0 aliphatic carbocycles. The van der Waals surface area contributed by atoms with Crippen molar-refractivity contribution in [2.45, 2.75) is 6.54 Å². The molecular weight excluding hydrogens is 264 g/mol. The molecule has 0 atom stereocenters. The van der Waals surface area contributed by atoms with Crippen LogP contribution in [0, 0.1) is 0 Å². The lowest BCUT2D eigenvalue weighted by Gasteiger charge is -2.02. The SMILES string of the molecule is COc1ccc(-c2n[nH]c(CNc3ccccc3)n2)cc1. The van der Waals surface area contributed by atoms with Crippen molar-refractivity contribution < 1.29 is 4.74 Å². The molecule has 0 bridgehead atoms. The zero-order valence-electron chi connectivity index (χ0n) is 11.7. The van der Waals surface area contributed by atoms with Crippen LogP contribution >= 0.6 is 0 Å². The molecule has 1 aromatic heterocycles. The van der Waals surface area contributed by atoms with Gasteiger partial charge in [0.15, 0.2) is 5.82 Å². The van der Waals surface area contributed by atoms with Gasteiger partial charge in [-0.15, -0.1) is 0 Å². The molecule has 0 unspecified atom stereocenters. The van der Waals surface area contributed by atoms with E-state index >= 15 is 0 Å². The molecule has 0 saturated carbocycles. The molecule has 0 radical (unpaired) electrons. The lowest BCUT2D eigenvalue weighted by molar-refractivity contribution is 0.415. The van der Waals surface area contributed by atoms with Crippen LogP contribution in [0.5, 0.6) is 5.75 Å². The quantitative estimate of drug-likeness (QED) is 0.754. The Morgan fingerprint density at radius 2 is 1.81 bits per heavy atom. The summed E-state index contributed by atoms with van der Waals surface area (Å²) in [5.41, 5.74) is 2.01. The molecule has 0 spiro atoms. The molecule has 0 aliphatic rings. The highest BCUT2D eigenvalue weighted by atomic mass is 16.5. The van der Waals surface area contributed by atoms with E-state index in [0.717, 1.165) is 22.8 Å². The van der Waals surface area contributed by atoms with Crippen LogP contribution in [0.1, 0.15) is 5.82 Å². The van der Waals surface area contributed by atoms with Gasteiger partial charge in [0, 0.05) is 11.3 Å². The summed E-state index contributed by atoms with van der Waals surface area (Å²) in [6.07, 6.45) is 0. The first-order valence-corrected chi connectivity index (χ1v) is 6.70. The van der Waals surface area contributed by atoms with E-state index in [1.807, 2.05) is 54.6 Å². The summed E-state index contributed by atoms with van der Waals surface area (Å²) in [5.74, 6) is 2.30. The number of aromatic nitrogens is 3. The predicted molar refractivity (Wildman–Crippen MR) is 82.1 cm³/mol. The smallest absolute Gasteiger partial charge is 0.181 e. The minimum Gasteiger partial charge on any atom is -0.497 e. The van der Waals surface area contributed by atoms with Crippen LogP contribution in [0.2, 0.25) is 0 Å². The number of methoxy groups -OCH3 is 1. The molecule has 0 amide bonds. The second kappa shape index (κ2) is 6.09. The van der Waals surface area contributed by atoms with Crippen LogP contribution in [0.3, 0.4) is 0 Å². The molecule has 106 valence electrons. The molecule has 5 heteroatoms. The minimum atomic E-state index is 0.604. The average Bonchev–Trinajstić information content (AvgIpc) is 3.03. The van der Waals surface area contributed by atoms with Gasteiger partial charge in [0.25, 0.3) is 0 Å². The van der Waals surface area contributed by atoms with Crippen molar-refractivity contribution >= 4 is 5.69 Å². The number of aromatic amines is 1. The zero-order valence-corrected chi connectivity index (χ0v) is 11.7. The van der Waals surface area contributed by atoms with E-state index in [1.54, 1.807) is 7.11 Å². The molecule has 0 aliphatic heterocycles. The number of hydrogen-bond acceptors (Lipinski definition) is 4. The maximum absolute atomic E-state index is 5.14. The number of hydrogen-bond donors (Lipinski definition) is 2. The van der Waals surface area contributed by atoms with Crippen LogP contribution in [-0.2, 0) is 6.54 Å². The topological polar surface area (TPSA) is 62.8 Å². The van der Waals surface area contributed by atoms with E-state index in [-0.39, 0.29) is 0 Å². The largest absolute Gasteiger partial charge is 0.497 e. The third-order valence-corrected chi connectivity index (χ3v) is 3.11. The van der Waals surface area contributed by atoms with Crippen molar-refractivity contribution in [1.82, 2.24) is 15.2 Å². The third-order valence-electron chi connectivity index (χ3n) is 3.11. The van der Waals surface area contributed by atoms with Gasteiger partial charge < -0.3 is 10.1 Å². The van der Waals surface area contributed by atoms with E-state index in [4.69, 9.17) is 4.74 Å². The Labute approximate surface area is 123 Å². The maximum atomic E-state index is 5.14. The average molecular weight is 280 g/mol. The summed E-state index contributed by atoms with van der Waals surface area (Å²) >= 11 is 0. The fraction of sp³-hybridized carbons (Fsp3) is 0.125. The predicted octanol–water partition coefficient (Wildman–Crippen LogP) is 3.09. The van der Waals surface area contributed by atoms with Crippen molar-refractivity contribution in [3.63, 3.8) is 0 Å². The highest BCUT2D eigenvalue weighted by Crippen LogP contribution is 2.19. The molecule has 5 nitrogen and oxygen atoms in total. The van der Waals surface area contributed by atoms with Gasteiger partial charge in [-0.2, -0.15) is 5.10 Å². The van der Waals surface area contributed by atoms with Crippen LogP contribution in [0.15, 0.2) is 54.6 Å². The lowest BCUT2D eigenvalue weighted by Crippen LogP contribution is -2.00. The Hall–Kier alpha value is -2.82. The van der Waals surface area contributed by atoms with Gasteiger partial charge in [0.05, 0.1) is 13.7 Å². The number of ether oxygens (including phenoxy) is 1. The van der Waals surface area contributed by atoms with E-state index in [1.165, 1.54) is 0 Å². The second-order valence-electron chi connectivity index (χ2n) is 4.55. The lowest BCUT2D eigenvalue weighted by atomic mass is 10.2. The van der Waals surface area contributed by atoms with Crippen molar-refractivity contribution in [1.29, 1.82) is 0 Å². The number of nitrogens with one attached hydrogen (secondary N) is 2. The van der Waals surface area contributed by atoms with Gasteiger partial charge in [0.1, 0.15) is 11.6 Å². The fourth-order valence-electron chi connectivity index (χ4n) is 1.99. The number of nitrogens with zero attached hydrogens (tertiary/aromatic N) is 2. The zero-order chi connectivity index (χ0) is 14.5.